The van der Waals surface area contributed by atoms with E-state index in [4.69, 9.17) is 28.7 Å². The van der Waals surface area contributed by atoms with Crippen LogP contribution in [0.4, 0.5) is 0 Å². The van der Waals surface area contributed by atoms with Crippen molar-refractivity contribution in [2.45, 2.75) is 147 Å². The molecule has 0 bridgehead atoms. The summed E-state index contributed by atoms with van der Waals surface area (Å²) in [5, 5.41) is 24.8. The summed E-state index contributed by atoms with van der Waals surface area (Å²) in [5.74, 6) is -8.35. The largest absolute Gasteiger partial charge is 0.370 e. The summed E-state index contributed by atoms with van der Waals surface area (Å²) in [6.45, 7) is 7.40. The molecular formula is C62H84N18O9. The molecule has 1 saturated heterocycles. The van der Waals surface area contributed by atoms with Crippen molar-refractivity contribution < 1.29 is 43.2 Å². The Labute approximate surface area is 514 Å². The number of benzene rings is 3. The summed E-state index contributed by atoms with van der Waals surface area (Å²) in [6, 6.07) is 10.7. The molecule has 4 heterocycles. The van der Waals surface area contributed by atoms with Crippen LogP contribution >= 0.6 is 0 Å². The number of amides is 9. The van der Waals surface area contributed by atoms with E-state index in [-0.39, 0.29) is 101 Å². The lowest BCUT2D eigenvalue weighted by molar-refractivity contribution is -0.137. The molecule has 0 unspecified atom stereocenters. The van der Waals surface area contributed by atoms with Gasteiger partial charge in [-0.25, -0.2) is 0 Å². The van der Waals surface area contributed by atoms with E-state index in [0.717, 1.165) is 32.7 Å². The Kier molecular flexibility index (Phi) is 23.7. The molecule has 0 spiro atoms. The van der Waals surface area contributed by atoms with Crippen molar-refractivity contribution in [1.82, 2.24) is 57.5 Å². The number of carbonyl (C=O) groups excluding carboxylic acids is 9. The van der Waals surface area contributed by atoms with Crippen LogP contribution in [-0.2, 0) is 62.4 Å². The zero-order valence-corrected chi connectivity index (χ0v) is 50.6. The zero-order valence-electron chi connectivity index (χ0n) is 50.6. The molecule has 27 heteroatoms. The van der Waals surface area contributed by atoms with Gasteiger partial charge in [-0.05, 0) is 91.7 Å². The van der Waals surface area contributed by atoms with E-state index in [1.807, 2.05) is 100 Å². The molecule has 9 amide bonds. The van der Waals surface area contributed by atoms with Gasteiger partial charge < -0.3 is 86.2 Å². The maximum absolute atomic E-state index is 15.1. The third-order valence-corrected chi connectivity index (χ3v) is 15.3. The number of fused-ring (bicyclic) bond motifs is 3. The standard InChI is InChI=1S/C62H84N18O9/c1-33(2)25-47-56(85)79-49(27-35-30-70-41-16-8-5-13-38(35)41)58(87)74-44(19-11-23-68-61(64)65)53(82)75-46(21-22-52(63)81)55(84)73-45(20-12-24-69-62(66)67)54(83)78-50(28-36-31-71-42-17-9-6-14-39(36)42)59(88)76-48(26-34(3)4)57(86)80-51(60(89)77-47)29-37-32-72-43-18-10-7-15-40(37)43/h5-10,13-18,30-34,44-51,70-72H,11-12,19-29H2,1-4H3,(H2,63,81)(H,73,84)(H,74,87)(H,75,82)(H,76,88)(H,77,89)(H,78,83)(H,79,85)(H,80,86)(H4,64,65,68)(H4,66,67,69)/t44-,45-,46+,47-,48-,49+,50+,51+/m1/s1. The summed E-state index contributed by atoms with van der Waals surface area (Å²) in [5.41, 5.74) is 32.3. The normalized spacial score (nSPS) is 21.4. The van der Waals surface area contributed by atoms with Crippen molar-refractivity contribution in [2.24, 2.45) is 50.5 Å². The Morgan fingerprint density at radius 1 is 0.393 bits per heavy atom. The van der Waals surface area contributed by atoms with Crippen LogP contribution in [0.15, 0.2) is 101 Å². The molecule has 27 nitrogen and oxygen atoms in total. The van der Waals surface area contributed by atoms with Crippen LogP contribution in [0.25, 0.3) is 32.7 Å². The first-order chi connectivity index (χ1) is 42.5. The highest BCUT2D eigenvalue weighted by molar-refractivity contribution is 6.00. The molecule has 3 aromatic carbocycles. The topological polar surface area (TPSA) is 452 Å². The Balaban J connectivity index is 1.35. The minimum Gasteiger partial charge on any atom is -0.370 e. The summed E-state index contributed by atoms with van der Waals surface area (Å²) < 4.78 is 0. The van der Waals surface area contributed by atoms with Gasteiger partial charge in [0.25, 0.3) is 0 Å². The number of nitrogens with one attached hydrogen (secondary N) is 11. The fraction of sp³-hybridized carbons (Fsp3) is 0.435. The van der Waals surface area contributed by atoms with Crippen LogP contribution in [0, 0.1) is 11.8 Å². The van der Waals surface area contributed by atoms with Crippen molar-refractivity contribution >= 4 is 97.8 Å². The summed E-state index contributed by atoms with van der Waals surface area (Å²) in [6.07, 6.45) is 4.03. The molecule has 0 radical (unpaired) electrons. The van der Waals surface area contributed by atoms with Gasteiger partial charge in [-0.1, -0.05) is 82.3 Å². The van der Waals surface area contributed by atoms with Gasteiger partial charge in [0.05, 0.1) is 0 Å². The Morgan fingerprint density at radius 2 is 0.663 bits per heavy atom. The quantitative estimate of drug-likeness (QED) is 0.0266. The van der Waals surface area contributed by atoms with Crippen LogP contribution in [0.2, 0.25) is 0 Å². The molecule has 1 aliphatic rings. The SMILES string of the molecule is CC(C)C[C@H]1NC(=O)[C@H](Cc2c[nH]c3ccccc23)NC(=O)[C@@H](CCCN=C(N)N)NC(=O)[C@H](CCC(N)=O)NC(=O)[C@@H](CCCN=C(N)N)NC(=O)[C@H](Cc2c[nH]c3ccccc23)NC(=O)[C@@H](CC(C)C)NC(=O)[C@H](Cc2c[nH]c3ccccc23)NC1=O. The van der Waals surface area contributed by atoms with E-state index in [1.165, 1.54) is 0 Å². The van der Waals surface area contributed by atoms with E-state index in [1.54, 1.807) is 18.6 Å². The molecule has 0 aliphatic carbocycles. The molecule has 1 fully saturated rings. The second kappa shape index (κ2) is 31.6. The van der Waals surface area contributed by atoms with E-state index < -0.39 is 108 Å². The number of nitrogens with zero attached hydrogens (tertiary/aromatic N) is 2. The van der Waals surface area contributed by atoms with E-state index in [2.05, 4.69) is 67.5 Å². The van der Waals surface area contributed by atoms with Crippen molar-refractivity contribution in [2.75, 3.05) is 13.1 Å². The number of carbonyl (C=O) groups is 9. The fourth-order valence-electron chi connectivity index (χ4n) is 10.9. The highest BCUT2D eigenvalue weighted by Gasteiger charge is 2.37. The third-order valence-electron chi connectivity index (χ3n) is 15.3. The van der Waals surface area contributed by atoms with Crippen molar-refractivity contribution in [3.8, 4) is 0 Å². The van der Waals surface area contributed by atoms with Crippen LogP contribution in [0.1, 0.15) is 95.8 Å². The number of guanidine groups is 2. The molecule has 7 rings (SSSR count). The van der Waals surface area contributed by atoms with Gasteiger partial charge in [0, 0.05) is 90.1 Å². The Morgan fingerprint density at radius 3 is 0.966 bits per heavy atom. The van der Waals surface area contributed by atoms with E-state index >= 15 is 24.0 Å². The first-order valence-corrected chi connectivity index (χ1v) is 30.0. The monoisotopic (exact) mass is 1220 g/mol. The number of aromatic nitrogens is 3. The van der Waals surface area contributed by atoms with E-state index in [9.17, 15) is 19.2 Å². The molecule has 1 aliphatic heterocycles. The Hall–Kier alpha value is -9.95. The molecular weight excluding hydrogens is 1140 g/mol. The third kappa shape index (κ3) is 19.3. The molecule has 8 atom stereocenters. The summed E-state index contributed by atoms with van der Waals surface area (Å²) in [4.78, 5) is 150. The average molecular weight is 1230 g/mol. The van der Waals surface area contributed by atoms with Gasteiger partial charge >= 0.3 is 0 Å². The molecule has 6 aromatic rings. The van der Waals surface area contributed by atoms with Gasteiger partial charge in [0.1, 0.15) is 48.3 Å². The molecule has 3 aromatic heterocycles. The number of H-pyrrole nitrogens is 3. The van der Waals surface area contributed by atoms with Gasteiger partial charge in [-0.3, -0.25) is 53.1 Å². The zero-order chi connectivity index (χ0) is 64.3. The van der Waals surface area contributed by atoms with Gasteiger partial charge in [-0.2, -0.15) is 0 Å². The molecule has 21 N–H and O–H groups in total. The number of aliphatic imine (C=N–C) groups is 2. The van der Waals surface area contributed by atoms with Crippen molar-refractivity contribution in [3.05, 3.63) is 108 Å². The maximum Gasteiger partial charge on any atom is 0.243 e. The second-order valence-electron chi connectivity index (χ2n) is 23.3. The van der Waals surface area contributed by atoms with Crippen LogP contribution in [0.5, 0.6) is 0 Å². The molecule has 0 saturated carbocycles. The predicted molar refractivity (Wildman–Crippen MR) is 339 cm³/mol. The summed E-state index contributed by atoms with van der Waals surface area (Å²) in [7, 11) is 0. The number of aromatic amines is 3. The lowest BCUT2D eigenvalue weighted by atomic mass is 9.98. The second-order valence-corrected chi connectivity index (χ2v) is 23.3. The number of primary amides is 1. The number of hydrogen-bond donors (Lipinski definition) is 16. The number of nitrogens with two attached hydrogens (primary N) is 5. The fourth-order valence-corrected chi connectivity index (χ4v) is 10.9. The van der Waals surface area contributed by atoms with Gasteiger partial charge in [-0.15, -0.1) is 0 Å². The van der Waals surface area contributed by atoms with Gasteiger partial charge in [0.15, 0.2) is 11.9 Å². The first-order valence-electron chi connectivity index (χ1n) is 30.0. The number of para-hydroxylation sites is 3. The van der Waals surface area contributed by atoms with Crippen molar-refractivity contribution in [1.29, 1.82) is 0 Å². The smallest absolute Gasteiger partial charge is 0.243 e. The molecule has 476 valence electrons. The van der Waals surface area contributed by atoms with E-state index in [0.29, 0.717) is 16.7 Å². The highest BCUT2D eigenvalue weighted by atomic mass is 16.2. The van der Waals surface area contributed by atoms with Gasteiger partial charge in [0.2, 0.25) is 53.2 Å². The first kappa shape index (κ1) is 66.6. The van der Waals surface area contributed by atoms with Crippen LogP contribution in [-0.4, -0.2) is 141 Å². The van der Waals surface area contributed by atoms with Crippen molar-refractivity contribution in [3.63, 3.8) is 0 Å². The average Bonchev–Trinajstić information content (AvgIpc) is 3.01. The minimum absolute atomic E-state index is 0.00969. The number of rotatable bonds is 21. The minimum atomic E-state index is -1.58. The maximum atomic E-state index is 15.1. The highest BCUT2D eigenvalue weighted by Crippen LogP contribution is 2.24. The molecule has 89 heavy (non-hydrogen) atoms. The van der Waals surface area contributed by atoms with Crippen LogP contribution < -0.4 is 71.2 Å². The van der Waals surface area contributed by atoms with Crippen LogP contribution in [0.3, 0.4) is 0 Å². The predicted octanol–water partition coefficient (Wildman–Crippen LogP) is 0.515. The number of hydrogen-bond acceptors (Lipinski definition) is 11. The lowest BCUT2D eigenvalue weighted by Gasteiger charge is -2.30. The Bertz CT molecular complexity index is 3440. The lowest BCUT2D eigenvalue weighted by Crippen LogP contribution is -2.62. The summed E-state index contributed by atoms with van der Waals surface area (Å²) >= 11 is 0.